The van der Waals surface area contributed by atoms with Crippen LogP contribution >= 0.6 is 11.6 Å². The molecule has 1 aromatic carbocycles. The normalized spacial score (nSPS) is 30.7. The van der Waals surface area contributed by atoms with E-state index >= 15 is 0 Å². The molecular formula is C20H27ClN2O2. The van der Waals surface area contributed by atoms with E-state index < -0.39 is 0 Å². The average Bonchev–Trinajstić information content (AvgIpc) is 3.31. The summed E-state index contributed by atoms with van der Waals surface area (Å²) in [5.41, 5.74) is 1.01. The van der Waals surface area contributed by atoms with Crippen LogP contribution in [0.1, 0.15) is 38.5 Å². The lowest BCUT2D eigenvalue weighted by Crippen LogP contribution is -2.38. The Bertz CT molecular complexity index is 651. The Morgan fingerprint density at radius 2 is 2.20 bits per heavy atom. The summed E-state index contributed by atoms with van der Waals surface area (Å²) in [6.07, 6.45) is 7.06. The fourth-order valence-electron chi connectivity index (χ4n) is 5.16. The third-order valence-corrected chi connectivity index (χ3v) is 6.60. The van der Waals surface area contributed by atoms with E-state index in [1.807, 2.05) is 18.2 Å². The van der Waals surface area contributed by atoms with Crippen LogP contribution in [0, 0.1) is 17.8 Å². The van der Waals surface area contributed by atoms with E-state index in [0.717, 1.165) is 49.2 Å². The van der Waals surface area contributed by atoms with Crippen LogP contribution in [-0.2, 0) is 4.79 Å². The van der Waals surface area contributed by atoms with Gasteiger partial charge in [0.15, 0.2) is 0 Å². The fourth-order valence-corrected chi connectivity index (χ4v) is 5.32. The van der Waals surface area contributed by atoms with Gasteiger partial charge in [-0.15, -0.1) is 0 Å². The highest BCUT2D eigenvalue weighted by atomic mass is 35.5. The fraction of sp³-hybridized carbons (Fsp3) is 0.650. The first-order chi connectivity index (χ1) is 12.1. The zero-order valence-electron chi connectivity index (χ0n) is 14.8. The molecule has 1 amide bonds. The summed E-state index contributed by atoms with van der Waals surface area (Å²) in [4.78, 5) is 14.7. The lowest BCUT2D eigenvalue weighted by atomic mass is 9.86. The molecule has 3 fully saturated rings. The molecular weight excluding hydrogens is 336 g/mol. The van der Waals surface area contributed by atoms with Crippen molar-refractivity contribution >= 4 is 23.2 Å². The third-order valence-electron chi connectivity index (χ3n) is 6.37. The molecule has 0 spiro atoms. The highest BCUT2D eigenvalue weighted by molar-refractivity contribution is 6.30. The smallest absolute Gasteiger partial charge is 0.220 e. The molecule has 1 saturated heterocycles. The van der Waals surface area contributed by atoms with E-state index in [1.54, 1.807) is 7.11 Å². The van der Waals surface area contributed by atoms with Gasteiger partial charge in [-0.3, -0.25) is 4.79 Å². The Hall–Kier alpha value is -1.42. The first kappa shape index (κ1) is 17.0. The van der Waals surface area contributed by atoms with Crippen LogP contribution in [0.3, 0.4) is 0 Å². The van der Waals surface area contributed by atoms with Crippen LogP contribution in [0.25, 0.3) is 0 Å². The lowest BCUT2D eigenvalue weighted by Gasteiger charge is -2.23. The van der Waals surface area contributed by atoms with Gasteiger partial charge in [-0.2, -0.15) is 0 Å². The van der Waals surface area contributed by atoms with E-state index in [-0.39, 0.29) is 11.9 Å². The van der Waals surface area contributed by atoms with Crippen LogP contribution < -0.4 is 15.0 Å². The molecule has 2 bridgehead atoms. The number of nitrogens with one attached hydrogen (secondary N) is 1. The predicted molar refractivity (Wildman–Crippen MR) is 100 cm³/mol. The second kappa shape index (κ2) is 7.06. The quantitative estimate of drug-likeness (QED) is 0.864. The van der Waals surface area contributed by atoms with Crippen molar-refractivity contribution in [3.8, 4) is 5.75 Å². The van der Waals surface area contributed by atoms with Crippen molar-refractivity contribution in [2.24, 2.45) is 17.8 Å². The summed E-state index contributed by atoms with van der Waals surface area (Å²) in [6, 6.07) is 5.90. The molecule has 4 nitrogen and oxygen atoms in total. The maximum absolute atomic E-state index is 12.5. The van der Waals surface area contributed by atoms with Gasteiger partial charge in [-0.25, -0.2) is 0 Å². The standard InChI is InChI=1S/C20H27ClN2O2/c1-25-19-5-4-16(21)11-18(19)23-7-6-17(12-23)22-20(24)10-15-9-13-2-3-14(15)8-13/h4-5,11,13-15,17H,2-3,6-10,12H2,1H3,(H,22,24). The lowest BCUT2D eigenvalue weighted by molar-refractivity contribution is -0.123. The van der Waals surface area contributed by atoms with Gasteiger partial charge in [0, 0.05) is 30.6 Å². The van der Waals surface area contributed by atoms with Crippen molar-refractivity contribution in [1.82, 2.24) is 5.32 Å². The minimum absolute atomic E-state index is 0.217. The van der Waals surface area contributed by atoms with E-state index in [4.69, 9.17) is 16.3 Å². The monoisotopic (exact) mass is 362 g/mol. The van der Waals surface area contributed by atoms with Gasteiger partial charge < -0.3 is 15.0 Å². The Kier molecular flexibility index (Phi) is 4.81. The van der Waals surface area contributed by atoms with Crippen molar-refractivity contribution in [3.05, 3.63) is 23.2 Å². The SMILES string of the molecule is COc1ccc(Cl)cc1N1CCC(NC(=O)CC2CC3CCC2C3)C1. The van der Waals surface area contributed by atoms with Gasteiger partial charge >= 0.3 is 0 Å². The summed E-state index contributed by atoms with van der Waals surface area (Å²) in [6.45, 7) is 1.73. The van der Waals surface area contributed by atoms with Gasteiger partial charge in [-0.1, -0.05) is 18.0 Å². The molecule has 3 aliphatic rings. The first-order valence-electron chi connectivity index (χ1n) is 9.50. The number of nitrogens with zero attached hydrogens (tertiary/aromatic N) is 1. The van der Waals surface area contributed by atoms with E-state index in [0.29, 0.717) is 10.9 Å². The number of carbonyl (C=O) groups excluding carboxylic acids is 1. The molecule has 4 atom stereocenters. The number of halogens is 1. The van der Waals surface area contributed by atoms with Crippen LogP contribution in [0.2, 0.25) is 5.02 Å². The number of methoxy groups -OCH3 is 1. The predicted octanol–water partition coefficient (Wildman–Crippen LogP) is 3.87. The van der Waals surface area contributed by atoms with Crippen LogP contribution in [0.5, 0.6) is 5.75 Å². The van der Waals surface area contributed by atoms with Crippen LogP contribution in [-0.4, -0.2) is 32.1 Å². The number of rotatable bonds is 5. The molecule has 4 rings (SSSR count). The summed E-state index contributed by atoms with van der Waals surface area (Å²) in [7, 11) is 1.68. The van der Waals surface area contributed by atoms with Crippen molar-refractivity contribution in [2.45, 2.75) is 44.6 Å². The van der Waals surface area contributed by atoms with Crippen LogP contribution in [0.4, 0.5) is 5.69 Å². The molecule has 0 radical (unpaired) electrons. The van der Waals surface area contributed by atoms with Crippen LogP contribution in [0.15, 0.2) is 18.2 Å². The number of fused-ring (bicyclic) bond motifs is 2. The molecule has 2 aliphatic carbocycles. The molecule has 1 aromatic rings. The maximum Gasteiger partial charge on any atom is 0.220 e. The molecule has 4 unspecified atom stereocenters. The Balaban J connectivity index is 1.32. The minimum atomic E-state index is 0.217. The summed E-state index contributed by atoms with van der Waals surface area (Å²) >= 11 is 6.15. The Morgan fingerprint density at radius 1 is 1.32 bits per heavy atom. The minimum Gasteiger partial charge on any atom is -0.495 e. The van der Waals surface area contributed by atoms with Gasteiger partial charge in [0.1, 0.15) is 5.75 Å². The second-order valence-corrected chi connectivity index (χ2v) is 8.39. The number of ether oxygens (including phenoxy) is 1. The summed E-state index contributed by atoms with van der Waals surface area (Å²) < 4.78 is 5.46. The number of hydrogen-bond donors (Lipinski definition) is 1. The molecule has 1 N–H and O–H groups in total. The Labute approximate surface area is 154 Å². The highest BCUT2D eigenvalue weighted by Gasteiger charge is 2.40. The highest BCUT2D eigenvalue weighted by Crippen LogP contribution is 2.49. The van der Waals surface area contributed by atoms with Gasteiger partial charge in [0.2, 0.25) is 5.91 Å². The number of anilines is 1. The largest absolute Gasteiger partial charge is 0.495 e. The van der Waals surface area contributed by atoms with Crippen molar-refractivity contribution < 1.29 is 9.53 Å². The maximum atomic E-state index is 12.5. The molecule has 25 heavy (non-hydrogen) atoms. The first-order valence-corrected chi connectivity index (χ1v) is 9.88. The third kappa shape index (κ3) is 3.59. The molecule has 0 aromatic heterocycles. The van der Waals surface area contributed by atoms with Crippen molar-refractivity contribution in [1.29, 1.82) is 0 Å². The molecule has 2 saturated carbocycles. The molecule has 1 heterocycles. The molecule has 5 heteroatoms. The zero-order chi connectivity index (χ0) is 17.4. The van der Waals surface area contributed by atoms with Gasteiger partial charge in [-0.05, 0) is 61.6 Å². The number of amides is 1. The van der Waals surface area contributed by atoms with Gasteiger partial charge in [0.25, 0.3) is 0 Å². The number of benzene rings is 1. The van der Waals surface area contributed by atoms with Gasteiger partial charge in [0.05, 0.1) is 12.8 Å². The topological polar surface area (TPSA) is 41.6 Å². The summed E-state index contributed by atoms with van der Waals surface area (Å²) in [5.74, 6) is 3.41. The van der Waals surface area contributed by atoms with Crippen molar-refractivity contribution in [3.63, 3.8) is 0 Å². The van der Waals surface area contributed by atoms with E-state index in [1.165, 1.54) is 25.7 Å². The summed E-state index contributed by atoms with van der Waals surface area (Å²) in [5, 5.41) is 3.97. The number of carbonyl (C=O) groups is 1. The van der Waals surface area contributed by atoms with Crippen molar-refractivity contribution in [2.75, 3.05) is 25.1 Å². The van der Waals surface area contributed by atoms with E-state index in [2.05, 4.69) is 10.2 Å². The zero-order valence-corrected chi connectivity index (χ0v) is 15.6. The average molecular weight is 363 g/mol. The number of hydrogen-bond acceptors (Lipinski definition) is 3. The molecule has 136 valence electrons. The Morgan fingerprint density at radius 3 is 2.92 bits per heavy atom. The molecule has 1 aliphatic heterocycles. The van der Waals surface area contributed by atoms with E-state index in [9.17, 15) is 4.79 Å². The second-order valence-electron chi connectivity index (χ2n) is 7.95.